The van der Waals surface area contributed by atoms with Crippen LogP contribution in [0.3, 0.4) is 0 Å². The van der Waals surface area contributed by atoms with Gasteiger partial charge in [-0.25, -0.2) is 0 Å². The van der Waals surface area contributed by atoms with Gasteiger partial charge in [0.1, 0.15) is 23.0 Å². The number of anilines is 2. The molecule has 0 aromatic heterocycles. The van der Waals surface area contributed by atoms with Gasteiger partial charge >= 0.3 is 0 Å². The fourth-order valence-corrected chi connectivity index (χ4v) is 3.67. The topological polar surface area (TPSA) is 70.5 Å². The third kappa shape index (κ3) is 4.54. The van der Waals surface area contributed by atoms with Gasteiger partial charge in [0.2, 0.25) is 0 Å². The molecule has 0 amide bonds. The summed E-state index contributed by atoms with van der Waals surface area (Å²) in [5, 5.41) is 0. The Hall–Kier alpha value is -3.92. The smallest absolute Gasteiger partial charge is 0.150 e. The first-order chi connectivity index (χ1) is 15.3. The normalized spacial score (nSPS) is 11.2. The lowest BCUT2D eigenvalue weighted by atomic mass is 9.77. The van der Waals surface area contributed by atoms with Gasteiger partial charge in [-0.05, 0) is 66.1 Å². The van der Waals surface area contributed by atoms with Gasteiger partial charge in [-0.2, -0.15) is 0 Å². The third-order valence-electron chi connectivity index (χ3n) is 5.71. The van der Waals surface area contributed by atoms with E-state index in [0.29, 0.717) is 17.1 Å². The summed E-state index contributed by atoms with van der Waals surface area (Å²) in [5.41, 5.74) is 16.4. The lowest BCUT2D eigenvalue weighted by Gasteiger charge is -2.27. The number of rotatable bonds is 6. The molecule has 0 radical (unpaired) electrons. The van der Waals surface area contributed by atoms with E-state index in [0.717, 1.165) is 22.8 Å². The van der Waals surface area contributed by atoms with Crippen LogP contribution in [-0.4, -0.2) is 0 Å². The van der Waals surface area contributed by atoms with Crippen LogP contribution >= 0.6 is 0 Å². The maximum atomic E-state index is 6.04. The molecule has 0 aliphatic carbocycles. The molecule has 4 heteroatoms. The highest BCUT2D eigenvalue weighted by atomic mass is 16.5. The molecule has 0 unspecified atom stereocenters. The van der Waals surface area contributed by atoms with Crippen LogP contribution in [0.15, 0.2) is 91.0 Å². The van der Waals surface area contributed by atoms with E-state index in [1.54, 1.807) is 0 Å². The SMILES string of the molecule is Cc1cc(C(C)(C)c2ccc(Oc3cccc(N)c3)cc2)ccc1Oc1ccccc1N. The van der Waals surface area contributed by atoms with Gasteiger partial charge in [0.05, 0.1) is 5.69 Å². The molecule has 4 rings (SSSR count). The zero-order valence-electron chi connectivity index (χ0n) is 18.6. The molecule has 0 bridgehead atoms. The van der Waals surface area contributed by atoms with Gasteiger partial charge in [-0.15, -0.1) is 0 Å². The highest BCUT2D eigenvalue weighted by Gasteiger charge is 2.24. The molecule has 162 valence electrons. The first-order valence-electron chi connectivity index (χ1n) is 10.6. The summed E-state index contributed by atoms with van der Waals surface area (Å²) < 4.78 is 12.0. The second kappa shape index (κ2) is 8.67. The third-order valence-corrected chi connectivity index (χ3v) is 5.71. The summed E-state index contributed by atoms with van der Waals surface area (Å²) in [6.45, 7) is 6.48. The maximum absolute atomic E-state index is 6.04. The molecule has 0 heterocycles. The van der Waals surface area contributed by atoms with E-state index < -0.39 is 0 Å². The Kier molecular flexibility index (Phi) is 5.78. The molecule has 4 aromatic carbocycles. The van der Waals surface area contributed by atoms with E-state index >= 15 is 0 Å². The summed E-state index contributed by atoms with van der Waals surface area (Å²) in [4.78, 5) is 0. The zero-order valence-corrected chi connectivity index (χ0v) is 18.6. The van der Waals surface area contributed by atoms with Crippen LogP contribution < -0.4 is 20.9 Å². The summed E-state index contributed by atoms with van der Waals surface area (Å²) in [6, 6.07) is 29.4. The van der Waals surface area contributed by atoms with E-state index in [4.69, 9.17) is 20.9 Å². The fraction of sp³-hybridized carbons (Fsp3) is 0.143. The average Bonchev–Trinajstić information content (AvgIpc) is 2.77. The highest BCUT2D eigenvalue weighted by Crippen LogP contribution is 2.37. The molecular formula is C28H28N2O2. The summed E-state index contributed by atoms with van der Waals surface area (Å²) >= 11 is 0. The Morgan fingerprint density at radius 1 is 0.625 bits per heavy atom. The van der Waals surface area contributed by atoms with Crippen molar-refractivity contribution < 1.29 is 9.47 Å². The van der Waals surface area contributed by atoms with Crippen LogP contribution in [0.4, 0.5) is 11.4 Å². The first-order valence-corrected chi connectivity index (χ1v) is 10.6. The van der Waals surface area contributed by atoms with Crippen molar-refractivity contribution in [3.63, 3.8) is 0 Å². The predicted molar refractivity (Wildman–Crippen MR) is 132 cm³/mol. The quantitative estimate of drug-likeness (QED) is 0.325. The molecular weight excluding hydrogens is 396 g/mol. The second-order valence-electron chi connectivity index (χ2n) is 8.44. The van der Waals surface area contributed by atoms with E-state index in [2.05, 4.69) is 45.0 Å². The van der Waals surface area contributed by atoms with Gasteiger partial charge in [-0.1, -0.05) is 56.3 Å². The number of aryl methyl sites for hydroxylation is 1. The predicted octanol–water partition coefficient (Wildman–Crippen LogP) is 7.07. The van der Waals surface area contributed by atoms with E-state index in [-0.39, 0.29) is 5.41 Å². The minimum Gasteiger partial charge on any atom is -0.457 e. The molecule has 4 aromatic rings. The monoisotopic (exact) mass is 424 g/mol. The number of hydrogen-bond donors (Lipinski definition) is 2. The number of ether oxygens (including phenoxy) is 2. The van der Waals surface area contributed by atoms with E-state index in [9.17, 15) is 0 Å². The number of benzene rings is 4. The largest absolute Gasteiger partial charge is 0.457 e. The lowest BCUT2D eigenvalue weighted by Crippen LogP contribution is -2.19. The van der Waals surface area contributed by atoms with Gasteiger partial charge in [0.15, 0.2) is 0 Å². The highest BCUT2D eigenvalue weighted by molar-refractivity contribution is 5.55. The van der Waals surface area contributed by atoms with Gasteiger partial charge in [0.25, 0.3) is 0 Å². The van der Waals surface area contributed by atoms with Crippen molar-refractivity contribution in [3.8, 4) is 23.0 Å². The standard InChI is InChI=1S/C28H28N2O2/c1-19-17-21(13-16-26(19)32-27-10-5-4-9-25(27)30)28(2,3)20-11-14-23(15-12-20)31-24-8-6-7-22(29)18-24/h4-18H,29-30H2,1-3H3. The van der Waals surface area contributed by atoms with Crippen LogP contribution in [0.2, 0.25) is 0 Å². The fourth-order valence-electron chi connectivity index (χ4n) is 3.67. The number of hydrogen-bond acceptors (Lipinski definition) is 4. The minimum atomic E-state index is -0.190. The summed E-state index contributed by atoms with van der Waals surface area (Å²) in [5.74, 6) is 2.96. The molecule has 0 aliphatic heterocycles. The van der Waals surface area contributed by atoms with Crippen LogP contribution in [-0.2, 0) is 5.41 Å². The van der Waals surface area contributed by atoms with Crippen LogP contribution in [0, 0.1) is 6.92 Å². The zero-order chi connectivity index (χ0) is 22.7. The van der Waals surface area contributed by atoms with Crippen molar-refractivity contribution in [3.05, 3.63) is 108 Å². The van der Waals surface area contributed by atoms with Crippen LogP contribution in [0.1, 0.15) is 30.5 Å². The van der Waals surface area contributed by atoms with Crippen LogP contribution in [0.25, 0.3) is 0 Å². The van der Waals surface area contributed by atoms with Crippen molar-refractivity contribution in [2.75, 3.05) is 11.5 Å². The molecule has 0 fully saturated rings. The molecule has 0 saturated heterocycles. The van der Waals surface area contributed by atoms with Crippen molar-refractivity contribution in [2.24, 2.45) is 0 Å². The maximum Gasteiger partial charge on any atom is 0.150 e. The van der Waals surface area contributed by atoms with E-state index in [1.165, 1.54) is 11.1 Å². The molecule has 4 nitrogen and oxygen atoms in total. The molecule has 0 atom stereocenters. The van der Waals surface area contributed by atoms with Crippen molar-refractivity contribution in [2.45, 2.75) is 26.2 Å². The van der Waals surface area contributed by atoms with Crippen molar-refractivity contribution >= 4 is 11.4 Å². The Bertz CT molecular complexity index is 1230. The Morgan fingerprint density at radius 3 is 2.03 bits per heavy atom. The molecule has 32 heavy (non-hydrogen) atoms. The molecule has 0 saturated carbocycles. The Balaban J connectivity index is 1.53. The van der Waals surface area contributed by atoms with E-state index in [1.807, 2.05) is 66.7 Å². The number of para-hydroxylation sites is 2. The summed E-state index contributed by atoms with van der Waals surface area (Å²) in [6.07, 6.45) is 0. The van der Waals surface area contributed by atoms with Crippen LogP contribution in [0.5, 0.6) is 23.0 Å². The minimum absolute atomic E-state index is 0.190. The number of nitrogen functional groups attached to an aromatic ring is 2. The van der Waals surface area contributed by atoms with Crippen molar-refractivity contribution in [1.29, 1.82) is 0 Å². The Morgan fingerprint density at radius 2 is 1.34 bits per heavy atom. The lowest BCUT2D eigenvalue weighted by molar-refractivity contribution is 0.480. The summed E-state index contributed by atoms with van der Waals surface area (Å²) in [7, 11) is 0. The van der Waals surface area contributed by atoms with Gasteiger partial charge < -0.3 is 20.9 Å². The van der Waals surface area contributed by atoms with Gasteiger partial charge in [-0.3, -0.25) is 0 Å². The van der Waals surface area contributed by atoms with Crippen molar-refractivity contribution in [1.82, 2.24) is 0 Å². The second-order valence-corrected chi connectivity index (χ2v) is 8.44. The molecule has 0 spiro atoms. The Labute approximate surface area is 189 Å². The first kappa shape index (κ1) is 21.3. The number of nitrogens with two attached hydrogens (primary N) is 2. The van der Waals surface area contributed by atoms with Gasteiger partial charge in [0, 0.05) is 17.2 Å². The molecule has 4 N–H and O–H groups in total. The molecule has 0 aliphatic rings. The average molecular weight is 425 g/mol.